The second-order valence-electron chi connectivity index (χ2n) is 7.23. The number of aryl methyl sites for hydroxylation is 1. The molecule has 0 radical (unpaired) electrons. The van der Waals surface area contributed by atoms with Crippen LogP contribution in [-0.4, -0.2) is 58.8 Å². The first kappa shape index (κ1) is 22.3. The quantitative estimate of drug-likeness (QED) is 0.498. The van der Waals surface area contributed by atoms with E-state index in [-0.39, 0.29) is 17.6 Å². The second kappa shape index (κ2) is 10.2. The summed E-state index contributed by atoms with van der Waals surface area (Å²) in [5, 5.41) is 10.8. The maximum atomic E-state index is 12.8. The number of aromatic nitrogens is 2. The van der Waals surface area contributed by atoms with Crippen LogP contribution in [0.2, 0.25) is 0 Å². The fraction of sp³-hybridized carbons (Fsp3) is 0.273. The van der Waals surface area contributed by atoms with Crippen LogP contribution in [0.5, 0.6) is 0 Å². The van der Waals surface area contributed by atoms with Crippen molar-refractivity contribution < 1.29 is 14.0 Å². The Morgan fingerprint density at radius 3 is 2.44 bits per heavy atom. The molecule has 0 saturated carbocycles. The van der Waals surface area contributed by atoms with Gasteiger partial charge in [-0.1, -0.05) is 23.9 Å². The van der Waals surface area contributed by atoms with E-state index in [1.54, 1.807) is 6.92 Å². The minimum Gasteiger partial charge on any atom is -0.416 e. The average molecular weight is 516 g/mol. The van der Waals surface area contributed by atoms with Gasteiger partial charge in [0.05, 0.1) is 11.3 Å². The van der Waals surface area contributed by atoms with Crippen LogP contribution < -0.4 is 10.2 Å². The lowest BCUT2D eigenvalue weighted by Gasteiger charge is -2.36. The van der Waals surface area contributed by atoms with Crippen molar-refractivity contribution in [3.05, 3.63) is 64.5 Å². The first-order valence-corrected chi connectivity index (χ1v) is 11.9. The number of carbonyl (C=O) groups excluding carboxylic acids is 2. The van der Waals surface area contributed by atoms with Crippen LogP contribution in [0.25, 0.3) is 0 Å². The minimum atomic E-state index is -0.141. The minimum absolute atomic E-state index is 0.0451. The zero-order valence-corrected chi connectivity index (χ0v) is 19.9. The third-order valence-electron chi connectivity index (χ3n) is 5.02. The Hall–Kier alpha value is -2.85. The van der Waals surface area contributed by atoms with E-state index in [0.717, 1.165) is 28.9 Å². The van der Waals surface area contributed by atoms with E-state index < -0.39 is 0 Å². The molecule has 1 aliphatic heterocycles. The SMILES string of the molecule is Cc1nnc(SCC(=O)Nc2ccc(N3CCN(C(=O)c4ccccc4Br)CC3)cc2)o1. The van der Waals surface area contributed by atoms with Crippen molar-refractivity contribution in [1.29, 1.82) is 0 Å². The van der Waals surface area contributed by atoms with Gasteiger partial charge in [-0.15, -0.1) is 10.2 Å². The average Bonchev–Trinajstić information content (AvgIpc) is 3.23. The van der Waals surface area contributed by atoms with Crippen LogP contribution in [0, 0.1) is 6.92 Å². The summed E-state index contributed by atoms with van der Waals surface area (Å²) in [7, 11) is 0. The third kappa shape index (κ3) is 5.49. The van der Waals surface area contributed by atoms with E-state index >= 15 is 0 Å². The molecule has 0 unspecified atom stereocenters. The normalized spacial score (nSPS) is 13.8. The van der Waals surface area contributed by atoms with E-state index in [0.29, 0.717) is 29.8 Å². The molecular formula is C22H22BrN5O3S. The van der Waals surface area contributed by atoms with Gasteiger partial charge in [0.1, 0.15) is 0 Å². The van der Waals surface area contributed by atoms with Gasteiger partial charge in [0.25, 0.3) is 11.1 Å². The number of thioether (sulfide) groups is 1. The highest BCUT2D eigenvalue weighted by atomic mass is 79.9. The number of piperazine rings is 1. The highest BCUT2D eigenvalue weighted by Crippen LogP contribution is 2.23. The van der Waals surface area contributed by atoms with E-state index in [1.165, 1.54) is 11.8 Å². The molecule has 0 atom stereocenters. The summed E-state index contributed by atoms with van der Waals surface area (Å²) in [6.45, 7) is 4.53. The molecule has 166 valence electrons. The summed E-state index contributed by atoms with van der Waals surface area (Å²) in [6.07, 6.45) is 0. The fourth-order valence-electron chi connectivity index (χ4n) is 3.39. The topological polar surface area (TPSA) is 91.6 Å². The van der Waals surface area contributed by atoms with Crippen LogP contribution >= 0.6 is 27.7 Å². The molecule has 8 nitrogen and oxygen atoms in total. The number of anilines is 2. The number of rotatable bonds is 6. The molecule has 32 heavy (non-hydrogen) atoms. The summed E-state index contributed by atoms with van der Waals surface area (Å²) < 4.78 is 6.06. The zero-order valence-electron chi connectivity index (χ0n) is 17.5. The van der Waals surface area contributed by atoms with Crippen LogP contribution in [0.15, 0.2) is 62.6 Å². The molecule has 4 rings (SSSR count). The number of hydrogen-bond donors (Lipinski definition) is 1. The summed E-state index contributed by atoms with van der Waals surface area (Å²) in [6, 6.07) is 15.2. The lowest BCUT2D eigenvalue weighted by atomic mass is 10.1. The second-order valence-corrected chi connectivity index (χ2v) is 9.01. The number of hydrogen-bond acceptors (Lipinski definition) is 7. The fourth-order valence-corrected chi connectivity index (χ4v) is 4.45. The number of carbonyl (C=O) groups is 2. The first-order chi connectivity index (χ1) is 15.5. The number of nitrogens with one attached hydrogen (secondary N) is 1. The van der Waals surface area contributed by atoms with Gasteiger partial charge in [0, 0.05) is 49.0 Å². The molecule has 1 fully saturated rings. The van der Waals surface area contributed by atoms with Gasteiger partial charge in [-0.2, -0.15) is 0 Å². The number of benzene rings is 2. The molecule has 1 N–H and O–H groups in total. The molecule has 3 aromatic rings. The van der Waals surface area contributed by atoms with Crippen LogP contribution in [0.3, 0.4) is 0 Å². The van der Waals surface area contributed by atoms with E-state index in [1.807, 2.05) is 53.4 Å². The molecule has 1 aromatic heterocycles. The summed E-state index contributed by atoms with van der Waals surface area (Å²) in [5.74, 6) is 0.569. The Labute approximate surface area is 198 Å². The smallest absolute Gasteiger partial charge is 0.277 e. The van der Waals surface area contributed by atoms with Crippen molar-refractivity contribution in [1.82, 2.24) is 15.1 Å². The first-order valence-electron chi connectivity index (χ1n) is 10.1. The van der Waals surface area contributed by atoms with Crippen molar-refractivity contribution in [3.8, 4) is 0 Å². The lowest BCUT2D eigenvalue weighted by Crippen LogP contribution is -2.48. The van der Waals surface area contributed by atoms with Gasteiger partial charge in [-0.25, -0.2) is 0 Å². The molecular weight excluding hydrogens is 494 g/mol. The van der Waals surface area contributed by atoms with Gasteiger partial charge in [-0.05, 0) is 52.3 Å². The highest BCUT2D eigenvalue weighted by molar-refractivity contribution is 9.10. The van der Waals surface area contributed by atoms with Gasteiger partial charge in [0.2, 0.25) is 11.8 Å². The Kier molecular flexibility index (Phi) is 7.11. The molecule has 0 spiro atoms. The molecule has 1 aliphatic rings. The number of nitrogens with zero attached hydrogens (tertiary/aromatic N) is 4. The van der Waals surface area contributed by atoms with Gasteiger partial charge < -0.3 is 19.5 Å². The monoisotopic (exact) mass is 515 g/mol. The summed E-state index contributed by atoms with van der Waals surface area (Å²) in [5.41, 5.74) is 2.48. The molecule has 0 bridgehead atoms. The maximum absolute atomic E-state index is 12.8. The predicted octanol–water partition coefficient (Wildman–Crippen LogP) is 3.83. The standard InChI is InChI=1S/C22H22BrN5O3S/c1-15-25-26-22(31-15)32-14-20(29)24-16-6-8-17(9-7-16)27-10-12-28(13-11-27)21(30)18-4-2-3-5-19(18)23/h2-9H,10-14H2,1H3,(H,24,29). The Morgan fingerprint density at radius 1 is 1.06 bits per heavy atom. The van der Waals surface area contributed by atoms with Gasteiger partial charge in [0.15, 0.2) is 0 Å². The van der Waals surface area contributed by atoms with Crippen molar-refractivity contribution in [2.75, 3.05) is 42.1 Å². The van der Waals surface area contributed by atoms with Crippen molar-refractivity contribution in [2.24, 2.45) is 0 Å². The Morgan fingerprint density at radius 2 is 1.78 bits per heavy atom. The molecule has 0 aliphatic carbocycles. The van der Waals surface area contributed by atoms with Crippen molar-refractivity contribution >= 4 is 50.9 Å². The van der Waals surface area contributed by atoms with Gasteiger partial charge in [-0.3, -0.25) is 9.59 Å². The van der Waals surface area contributed by atoms with Crippen LogP contribution in [-0.2, 0) is 4.79 Å². The third-order valence-corrected chi connectivity index (χ3v) is 6.53. The molecule has 10 heteroatoms. The van der Waals surface area contributed by atoms with Crippen LogP contribution in [0.4, 0.5) is 11.4 Å². The van der Waals surface area contributed by atoms with Crippen molar-refractivity contribution in [2.45, 2.75) is 12.1 Å². The molecule has 2 heterocycles. The van der Waals surface area contributed by atoms with E-state index in [4.69, 9.17) is 4.42 Å². The maximum Gasteiger partial charge on any atom is 0.277 e. The molecule has 2 aromatic carbocycles. The number of halogens is 1. The Balaban J connectivity index is 1.27. The van der Waals surface area contributed by atoms with Crippen LogP contribution in [0.1, 0.15) is 16.2 Å². The summed E-state index contributed by atoms with van der Waals surface area (Å²) in [4.78, 5) is 29.0. The lowest BCUT2D eigenvalue weighted by molar-refractivity contribution is -0.113. The van der Waals surface area contributed by atoms with E-state index in [9.17, 15) is 9.59 Å². The molecule has 2 amide bonds. The Bertz CT molecular complexity index is 1100. The predicted molar refractivity (Wildman–Crippen MR) is 127 cm³/mol. The zero-order chi connectivity index (χ0) is 22.5. The van der Waals surface area contributed by atoms with E-state index in [2.05, 4.69) is 36.3 Å². The summed E-state index contributed by atoms with van der Waals surface area (Å²) >= 11 is 4.66. The molecule has 1 saturated heterocycles. The van der Waals surface area contributed by atoms with Gasteiger partial charge >= 0.3 is 0 Å². The largest absolute Gasteiger partial charge is 0.416 e. The highest BCUT2D eigenvalue weighted by Gasteiger charge is 2.23. The van der Waals surface area contributed by atoms with Crippen molar-refractivity contribution in [3.63, 3.8) is 0 Å². The number of amides is 2.